The average molecular weight is 338 g/mol. The molecule has 1 amide bonds. The number of ether oxygens (including phenoxy) is 1. The van der Waals surface area contributed by atoms with Crippen molar-refractivity contribution in [3.05, 3.63) is 58.3 Å². The van der Waals surface area contributed by atoms with Crippen LogP contribution in [0, 0.1) is 12.7 Å². The van der Waals surface area contributed by atoms with E-state index in [-0.39, 0.29) is 12.3 Å². The fraction of sp³-hybridized carbons (Fsp3) is 0.133. The van der Waals surface area contributed by atoms with Gasteiger partial charge >= 0.3 is 0 Å². The van der Waals surface area contributed by atoms with E-state index in [1.165, 1.54) is 12.1 Å². The quantitative estimate of drug-likeness (QED) is 0.918. The minimum absolute atomic E-state index is 0.131. The van der Waals surface area contributed by atoms with Crippen molar-refractivity contribution in [2.45, 2.75) is 6.92 Å². The molecular formula is C15H13BrFNO2. The molecule has 0 atom stereocenters. The summed E-state index contributed by atoms with van der Waals surface area (Å²) < 4.78 is 19.6. The first-order valence-corrected chi connectivity index (χ1v) is 6.79. The number of hydrogen-bond donors (Lipinski definition) is 1. The second kappa shape index (κ2) is 6.52. The van der Waals surface area contributed by atoms with Crippen molar-refractivity contribution in [2.75, 3.05) is 11.9 Å². The van der Waals surface area contributed by atoms with Crippen LogP contribution in [0.1, 0.15) is 5.56 Å². The fourth-order valence-electron chi connectivity index (χ4n) is 1.64. The monoisotopic (exact) mass is 337 g/mol. The number of aryl methyl sites for hydroxylation is 1. The maximum atomic E-state index is 13.6. The second-order valence-corrected chi connectivity index (χ2v) is 5.14. The molecule has 0 heterocycles. The smallest absolute Gasteiger partial charge is 0.262 e. The number of carbonyl (C=O) groups is 1. The maximum Gasteiger partial charge on any atom is 0.262 e. The molecule has 0 aliphatic carbocycles. The second-order valence-electron chi connectivity index (χ2n) is 4.23. The van der Waals surface area contributed by atoms with Gasteiger partial charge in [0.05, 0.1) is 5.69 Å². The van der Waals surface area contributed by atoms with Crippen LogP contribution < -0.4 is 10.1 Å². The highest BCUT2D eigenvalue weighted by molar-refractivity contribution is 9.10. The number of anilines is 1. The Bertz CT molecular complexity index is 631. The zero-order valence-corrected chi connectivity index (χ0v) is 12.4. The Kier molecular flexibility index (Phi) is 4.74. The number of benzene rings is 2. The Labute approximate surface area is 124 Å². The van der Waals surface area contributed by atoms with Crippen LogP contribution in [-0.2, 0) is 4.79 Å². The van der Waals surface area contributed by atoms with Crippen molar-refractivity contribution in [2.24, 2.45) is 0 Å². The Morgan fingerprint density at radius 3 is 2.75 bits per heavy atom. The third-order valence-electron chi connectivity index (χ3n) is 2.66. The number of nitrogens with one attached hydrogen (secondary N) is 1. The van der Waals surface area contributed by atoms with Gasteiger partial charge in [0.1, 0.15) is 11.6 Å². The topological polar surface area (TPSA) is 38.3 Å². The summed E-state index contributed by atoms with van der Waals surface area (Å²) >= 11 is 3.15. The van der Waals surface area contributed by atoms with E-state index in [0.717, 1.165) is 5.56 Å². The summed E-state index contributed by atoms with van der Waals surface area (Å²) in [5.74, 6) is -0.267. The zero-order chi connectivity index (χ0) is 14.5. The maximum absolute atomic E-state index is 13.6. The van der Waals surface area contributed by atoms with E-state index in [4.69, 9.17) is 4.74 Å². The third-order valence-corrected chi connectivity index (χ3v) is 3.15. The van der Waals surface area contributed by atoms with E-state index in [0.29, 0.717) is 10.2 Å². The number of rotatable bonds is 4. The lowest BCUT2D eigenvalue weighted by atomic mass is 10.2. The first kappa shape index (κ1) is 14.5. The lowest BCUT2D eigenvalue weighted by Gasteiger charge is -2.10. The van der Waals surface area contributed by atoms with Gasteiger partial charge in [0, 0.05) is 4.47 Å². The van der Waals surface area contributed by atoms with Crippen LogP contribution in [-0.4, -0.2) is 12.5 Å². The zero-order valence-electron chi connectivity index (χ0n) is 10.8. The summed E-state index contributed by atoms with van der Waals surface area (Å²) in [5.41, 5.74) is 1.07. The van der Waals surface area contributed by atoms with Gasteiger partial charge in [-0.1, -0.05) is 34.1 Å². The van der Waals surface area contributed by atoms with Crippen LogP contribution in [0.5, 0.6) is 5.75 Å². The lowest BCUT2D eigenvalue weighted by Crippen LogP contribution is -2.21. The molecule has 0 fully saturated rings. The van der Waals surface area contributed by atoms with Crippen molar-refractivity contribution in [1.82, 2.24) is 0 Å². The highest BCUT2D eigenvalue weighted by Gasteiger charge is 2.08. The highest BCUT2D eigenvalue weighted by atomic mass is 79.9. The lowest BCUT2D eigenvalue weighted by molar-refractivity contribution is -0.118. The normalized spacial score (nSPS) is 10.2. The SMILES string of the molecule is Cc1ccccc1OCC(=O)Nc1ccc(Br)cc1F. The van der Waals surface area contributed by atoms with Crippen molar-refractivity contribution < 1.29 is 13.9 Å². The third kappa shape index (κ3) is 3.81. The van der Waals surface area contributed by atoms with Gasteiger partial charge in [-0.05, 0) is 36.8 Å². The molecule has 0 unspecified atom stereocenters. The fourth-order valence-corrected chi connectivity index (χ4v) is 1.97. The number of amides is 1. The van der Waals surface area contributed by atoms with Gasteiger partial charge < -0.3 is 10.1 Å². The van der Waals surface area contributed by atoms with E-state index in [1.807, 2.05) is 25.1 Å². The molecule has 0 saturated carbocycles. The van der Waals surface area contributed by atoms with E-state index >= 15 is 0 Å². The molecule has 3 nitrogen and oxygen atoms in total. The molecular weight excluding hydrogens is 325 g/mol. The molecule has 20 heavy (non-hydrogen) atoms. The van der Waals surface area contributed by atoms with Crippen LogP contribution >= 0.6 is 15.9 Å². The molecule has 0 spiro atoms. The Morgan fingerprint density at radius 2 is 2.05 bits per heavy atom. The van der Waals surface area contributed by atoms with Crippen LogP contribution in [0.3, 0.4) is 0 Å². The summed E-state index contributed by atoms with van der Waals surface area (Å²) in [6, 6.07) is 11.8. The van der Waals surface area contributed by atoms with Gasteiger partial charge in [-0.2, -0.15) is 0 Å². The van der Waals surface area contributed by atoms with Gasteiger partial charge in [-0.3, -0.25) is 4.79 Å². The molecule has 0 aromatic heterocycles. The van der Waals surface area contributed by atoms with E-state index in [9.17, 15) is 9.18 Å². The molecule has 104 valence electrons. The standard InChI is InChI=1S/C15H13BrFNO2/c1-10-4-2-3-5-14(10)20-9-15(19)18-13-7-6-11(16)8-12(13)17/h2-8H,9H2,1H3,(H,18,19). The molecule has 2 rings (SSSR count). The minimum Gasteiger partial charge on any atom is -0.483 e. The predicted octanol–water partition coefficient (Wildman–Crippen LogP) is 3.91. The van der Waals surface area contributed by atoms with Gasteiger partial charge in [0.2, 0.25) is 0 Å². The van der Waals surface area contributed by atoms with E-state index in [2.05, 4.69) is 21.2 Å². The number of halogens is 2. The van der Waals surface area contributed by atoms with Crippen LogP contribution in [0.15, 0.2) is 46.9 Å². The molecule has 2 aromatic carbocycles. The predicted molar refractivity (Wildman–Crippen MR) is 79.4 cm³/mol. The van der Waals surface area contributed by atoms with E-state index in [1.54, 1.807) is 12.1 Å². The van der Waals surface area contributed by atoms with Crippen molar-refractivity contribution in [3.8, 4) is 5.75 Å². The number of hydrogen-bond acceptors (Lipinski definition) is 2. The van der Waals surface area contributed by atoms with Gasteiger partial charge in [0.15, 0.2) is 6.61 Å². The number of carbonyl (C=O) groups excluding carboxylic acids is 1. The summed E-state index contributed by atoms with van der Waals surface area (Å²) in [6.45, 7) is 1.72. The van der Waals surface area contributed by atoms with Crippen LogP contribution in [0.2, 0.25) is 0 Å². The van der Waals surface area contributed by atoms with Gasteiger partial charge in [-0.25, -0.2) is 4.39 Å². The first-order chi connectivity index (χ1) is 9.56. The molecule has 0 aliphatic rings. The summed E-state index contributed by atoms with van der Waals surface area (Å²) in [4.78, 5) is 11.7. The Morgan fingerprint density at radius 1 is 1.30 bits per heavy atom. The van der Waals surface area contributed by atoms with E-state index < -0.39 is 11.7 Å². The number of para-hydroxylation sites is 1. The summed E-state index contributed by atoms with van der Waals surface area (Å²) in [7, 11) is 0. The van der Waals surface area contributed by atoms with Gasteiger partial charge in [-0.15, -0.1) is 0 Å². The summed E-state index contributed by atoms with van der Waals surface area (Å²) in [5, 5.41) is 2.47. The van der Waals surface area contributed by atoms with Crippen LogP contribution in [0.25, 0.3) is 0 Å². The summed E-state index contributed by atoms with van der Waals surface area (Å²) in [6.07, 6.45) is 0. The molecule has 5 heteroatoms. The van der Waals surface area contributed by atoms with Crippen molar-refractivity contribution in [1.29, 1.82) is 0 Å². The van der Waals surface area contributed by atoms with Crippen molar-refractivity contribution in [3.63, 3.8) is 0 Å². The minimum atomic E-state index is -0.497. The molecule has 2 aromatic rings. The molecule has 0 aliphatic heterocycles. The molecule has 0 bridgehead atoms. The van der Waals surface area contributed by atoms with Crippen molar-refractivity contribution >= 4 is 27.5 Å². The average Bonchev–Trinajstić information content (AvgIpc) is 2.41. The molecule has 0 radical (unpaired) electrons. The van der Waals surface area contributed by atoms with Gasteiger partial charge in [0.25, 0.3) is 5.91 Å². The Hall–Kier alpha value is -1.88. The Balaban J connectivity index is 1.94. The highest BCUT2D eigenvalue weighted by Crippen LogP contribution is 2.20. The largest absolute Gasteiger partial charge is 0.483 e. The van der Waals surface area contributed by atoms with Crippen LogP contribution in [0.4, 0.5) is 10.1 Å². The molecule has 1 N–H and O–H groups in total. The first-order valence-electron chi connectivity index (χ1n) is 5.99. The molecule has 0 saturated heterocycles.